The number of nitrogens with zero attached hydrogens (tertiary/aromatic N) is 2. The molecule has 2 aliphatic rings. The zero-order chi connectivity index (χ0) is 21.8. The van der Waals surface area contributed by atoms with Crippen LogP contribution in [-0.2, 0) is 16.1 Å². The maximum absolute atomic E-state index is 13.6. The molecule has 1 aliphatic carbocycles. The summed E-state index contributed by atoms with van der Waals surface area (Å²) >= 11 is 0. The summed E-state index contributed by atoms with van der Waals surface area (Å²) < 4.78 is 7.27. The van der Waals surface area contributed by atoms with Crippen LogP contribution in [0.1, 0.15) is 55.9 Å². The van der Waals surface area contributed by atoms with Crippen LogP contribution in [0.2, 0.25) is 0 Å². The van der Waals surface area contributed by atoms with E-state index in [1.54, 1.807) is 12.0 Å². The van der Waals surface area contributed by atoms with Gasteiger partial charge in [-0.15, -0.1) is 0 Å². The lowest BCUT2D eigenvalue weighted by Gasteiger charge is -2.44. The molecule has 0 bridgehead atoms. The smallest absolute Gasteiger partial charge is 0.271 e. The number of methoxy groups -OCH3 is 1. The Kier molecular flexibility index (Phi) is 6.46. The molecule has 1 aromatic carbocycles. The molecule has 0 spiro atoms. The average molecular weight is 424 g/mol. The molecule has 1 atom stereocenters. The Morgan fingerprint density at radius 3 is 2.42 bits per heavy atom. The molecule has 1 fully saturated rings. The predicted octanol–water partition coefficient (Wildman–Crippen LogP) is 3.86. The van der Waals surface area contributed by atoms with Crippen LogP contribution < -0.4 is 5.32 Å². The van der Waals surface area contributed by atoms with Crippen molar-refractivity contribution in [1.29, 1.82) is 0 Å². The van der Waals surface area contributed by atoms with E-state index in [2.05, 4.69) is 5.32 Å². The van der Waals surface area contributed by atoms with Crippen LogP contribution in [0.3, 0.4) is 0 Å². The molecular weight excluding hydrogens is 390 g/mol. The second-order valence-corrected chi connectivity index (χ2v) is 8.94. The van der Waals surface area contributed by atoms with Gasteiger partial charge in [-0.3, -0.25) is 9.59 Å². The van der Waals surface area contributed by atoms with Crippen molar-refractivity contribution in [3.63, 3.8) is 0 Å². The van der Waals surface area contributed by atoms with E-state index in [0.717, 1.165) is 36.9 Å². The third kappa shape index (κ3) is 4.26. The van der Waals surface area contributed by atoms with Crippen molar-refractivity contribution >= 4 is 11.8 Å². The minimum Gasteiger partial charge on any atom is -0.383 e. The number of ether oxygens (including phenoxy) is 1. The van der Waals surface area contributed by atoms with E-state index in [4.69, 9.17) is 4.74 Å². The standard InChI is InChI=1S/C25H33N3O3/c1-25(24(30)26-20-12-8-3-4-9-13-20)18-27-21(19-10-6-5-7-11-19)14-15-22(27)23(29)28(25)16-17-31-2/h5-7,10-11,14-15,20H,3-4,8-9,12-13,16-18H2,1-2H3,(H,26,30)/t25-/m1/s1. The monoisotopic (exact) mass is 423 g/mol. The second-order valence-electron chi connectivity index (χ2n) is 8.94. The molecule has 1 aromatic heterocycles. The molecular formula is C25H33N3O3. The zero-order valence-corrected chi connectivity index (χ0v) is 18.6. The minimum absolute atomic E-state index is 0.0674. The number of fused-ring (bicyclic) bond motifs is 1. The van der Waals surface area contributed by atoms with Crippen molar-refractivity contribution in [1.82, 2.24) is 14.8 Å². The first-order chi connectivity index (χ1) is 15.0. The average Bonchev–Trinajstić information content (AvgIpc) is 3.02. The number of benzene rings is 1. The van der Waals surface area contributed by atoms with Gasteiger partial charge in [0.1, 0.15) is 11.2 Å². The quantitative estimate of drug-likeness (QED) is 0.718. The number of carbonyl (C=O) groups excluding carboxylic acids is 2. The van der Waals surface area contributed by atoms with Gasteiger partial charge in [-0.05, 0) is 37.5 Å². The summed E-state index contributed by atoms with van der Waals surface area (Å²) in [7, 11) is 1.62. The van der Waals surface area contributed by atoms with E-state index in [9.17, 15) is 9.59 Å². The van der Waals surface area contributed by atoms with Crippen LogP contribution in [0.5, 0.6) is 0 Å². The Morgan fingerprint density at radius 2 is 1.74 bits per heavy atom. The van der Waals surface area contributed by atoms with Crippen molar-refractivity contribution in [2.75, 3.05) is 20.3 Å². The molecule has 31 heavy (non-hydrogen) atoms. The number of hydrogen-bond acceptors (Lipinski definition) is 3. The van der Waals surface area contributed by atoms with Gasteiger partial charge in [-0.2, -0.15) is 0 Å². The van der Waals surface area contributed by atoms with E-state index in [0.29, 0.717) is 25.4 Å². The molecule has 6 heteroatoms. The molecule has 0 unspecified atom stereocenters. The third-order valence-corrected chi connectivity index (χ3v) is 6.77. The maximum atomic E-state index is 13.6. The van der Waals surface area contributed by atoms with E-state index in [1.165, 1.54) is 12.8 Å². The largest absolute Gasteiger partial charge is 0.383 e. The summed E-state index contributed by atoms with van der Waals surface area (Å²) in [5, 5.41) is 3.29. The Balaban J connectivity index is 1.67. The van der Waals surface area contributed by atoms with Crippen LogP contribution in [0, 0.1) is 0 Å². The highest BCUT2D eigenvalue weighted by Crippen LogP contribution is 2.33. The van der Waals surface area contributed by atoms with Crippen molar-refractivity contribution in [3.8, 4) is 11.3 Å². The minimum atomic E-state index is -0.975. The van der Waals surface area contributed by atoms with Gasteiger partial charge in [0.25, 0.3) is 5.91 Å². The highest BCUT2D eigenvalue weighted by molar-refractivity contribution is 6.00. The summed E-state index contributed by atoms with van der Waals surface area (Å²) in [6, 6.07) is 14.1. The first-order valence-corrected chi connectivity index (χ1v) is 11.4. The molecule has 1 N–H and O–H groups in total. The first-order valence-electron chi connectivity index (χ1n) is 11.4. The Labute approximate surface area is 184 Å². The number of nitrogens with one attached hydrogen (secondary N) is 1. The summed E-state index contributed by atoms with van der Waals surface area (Å²) in [5.41, 5.74) is 1.65. The van der Waals surface area contributed by atoms with Gasteiger partial charge >= 0.3 is 0 Å². The van der Waals surface area contributed by atoms with Crippen molar-refractivity contribution in [2.45, 2.75) is 63.6 Å². The van der Waals surface area contributed by atoms with Gasteiger partial charge in [-0.25, -0.2) is 0 Å². The molecule has 1 saturated carbocycles. The summed E-state index contributed by atoms with van der Waals surface area (Å²) in [6.07, 6.45) is 6.78. The molecule has 1 aliphatic heterocycles. The van der Waals surface area contributed by atoms with Crippen LogP contribution in [0.15, 0.2) is 42.5 Å². The van der Waals surface area contributed by atoms with Crippen LogP contribution in [-0.4, -0.2) is 53.1 Å². The Hall–Kier alpha value is -2.60. The first kappa shape index (κ1) is 21.6. The third-order valence-electron chi connectivity index (χ3n) is 6.77. The van der Waals surface area contributed by atoms with Gasteiger partial charge in [-0.1, -0.05) is 56.0 Å². The SMILES string of the molecule is COCCN1C(=O)c2ccc(-c3ccccc3)n2C[C@]1(C)C(=O)NC1CCCCCC1. The highest BCUT2D eigenvalue weighted by Gasteiger charge is 2.48. The summed E-state index contributed by atoms with van der Waals surface area (Å²) in [5.74, 6) is -0.189. The lowest BCUT2D eigenvalue weighted by atomic mass is 9.93. The van der Waals surface area contributed by atoms with Crippen molar-refractivity contribution in [2.24, 2.45) is 0 Å². The maximum Gasteiger partial charge on any atom is 0.271 e. The predicted molar refractivity (Wildman–Crippen MR) is 121 cm³/mol. The van der Waals surface area contributed by atoms with Crippen LogP contribution >= 0.6 is 0 Å². The van der Waals surface area contributed by atoms with Crippen LogP contribution in [0.25, 0.3) is 11.3 Å². The topological polar surface area (TPSA) is 63.6 Å². The lowest BCUT2D eigenvalue weighted by Crippen LogP contribution is -2.65. The highest BCUT2D eigenvalue weighted by atomic mass is 16.5. The molecule has 6 nitrogen and oxygen atoms in total. The number of carbonyl (C=O) groups is 2. The van der Waals surface area contributed by atoms with Crippen molar-refractivity contribution in [3.05, 3.63) is 48.2 Å². The molecule has 0 radical (unpaired) electrons. The molecule has 2 aromatic rings. The van der Waals surface area contributed by atoms with Gasteiger partial charge in [0.05, 0.1) is 13.2 Å². The van der Waals surface area contributed by atoms with Gasteiger partial charge in [0, 0.05) is 25.4 Å². The molecule has 0 saturated heterocycles. The Morgan fingerprint density at radius 1 is 1.06 bits per heavy atom. The van der Waals surface area contributed by atoms with Crippen molar-refractivity contribution < 1.29 is 14.3 Å². The normalized spacial score (nSPS) is 22.1. The van der Waals surface area contributed by atoms with E-state index >= 15 is 0 Å². The van der Waals surface area contributed by atoms with Crippen LogP contribution in [0.4, 0.5) is 0 Å². The Bertz CT molecular complexity index is 915. The van der Waals surface area contributed by atoms with Gasteiger partial charge in [0.2, 0.25) is 5.91 Å². The lowest BCUT2D eigenvalue weighted by molar-refractivity contribution is -0.134. The molecule has 2 amide bonds. The summed E-state index contributed by atoms with van der Waals surface area (Å²) in [6.45, 7) is 3.10. The fourth-order valence-electron chi connectivity index (χ4n) is 4.93. The van der Waals surface area contributed by atoms with E-state index in [-0.39, 0.29) is 17.9 Å². The molecule has 2 heterocycles. The number of amides is 2. The van der Waals surface area contributed by atoms with E-state index < -0.39 is 5.54 Å². The number of hydrogen-bond donors (Lipinski definition) is 1. The molecule has 4 rings (SSSR count). The number of aromatic nitrogens is 1. The second kappa shape index (κ2) is 9.27. The van der Waals surface area contributed by atoms with Gasteiger partial charge < -0.3 is 19.5 Å². The zero-order valence-electron chi connectivity index (χ0n) is 18.6. The fraction of sp³-hybridized carbons (Fsp3) is 0.520. The summed E-state index contributed by atoms with van der Waals surface area (Å²) in [4.78, 5) is 28.8. The number of rotatable bonds is 6. The van der Waals surface area contributed by atoms with E-state index in [1.807, 2.05) is 54.0 Å². The fourth-order valence-corrected chi connectivity index (χ4v) is 4.93. The van der Waals surface area contributed by atoms with Gasteiger partial charge in [0.15, 0.2) is 0 Å². The molecule has 166 valence electrons.